The van der Waals surface area contributed by atoms with Crippen molar-refractivity contribution in [2.45, 2.75) is 35.5 Å². The Bertz CT molecular complexity index is 2930. The number of amides is 1. The minimum absolute atomic E-state index is 0.0685. The number of benzene rings is 5. The van der Waals surface area contributed by atoms with Crippen molar-refractivity contribution in [3.8, 4) is 39.8 Å². The molecule has 7 aromatic rings. The van der Waals surface area contributed by atoms with Gasteiger partial charge in [-0.25, -0.2) is 31.3 Å². The molecular formula is C42H44N10O10S2. The Labute approximate surface area is 367 Å². The van der Waals surface area contributed by atoms with Gasteiger partial charge in [0.2, 0.25) is 25.9 Å². The number of nitrogens with two attached hydrogens (primary N) is 1. The average Bonchev–Trinajstić information content (AvgIpc) is 3.93. The number of nitrogens with one attached hydrogen (secondary N) is 3. The summed E-state index contributed by atoms with van der Waals surface area (Å²) in [4.78, 5) is 18.6. The Morgan fingerprint density at radius 2 is 1.39 bits per heavy atom. The summed E-state index contributed by atoms with van der Waals surface area (Å²) in [5.41, 5.74) is 8.97. The van der Waals surface area contributed by atoms with E-state index in [9.17, 15) is 23.4 Å². The minimum Gasteiger partial charge on any atom is -0.497 e. The first-order valence-electron chi connectivity index (χ1n) is 19.4. The quantitative estimate of drug-likeness (QED) is 0.0673. The van der Waals surface area contributed by atoms with E-state index in [-0.39, 0.29) is 42.5 Å². The second kappa shape index (κ2) is 19.1. The van der Waals surface area contributed by atoms with Crippen LogP contribution in [-0.2, 0) is 39.7 Å². The molecule has 1 unspecified atom stereocenters. The number of methoxy groups -OCH3 is 3. The lowest BCUT2D eigenvalue weighted by Crippen LogP contribution is -2.46. The first kappa shape index (κ1) is 44.9. The van der Waals surface area contributed by atoms with Gasteiger partial charge in [-0.1, -0.05) is 54.6 Å². The number of carboxylic acid groups (broad SMARTS) is 1. The van der Waals surface area contributed by atoms with Crippen LogP contribution in [0.25, 0.3) is 33.5 Å². The number of rotatable bonds is 19. The van der Waals surface area contributed by atoms with Crippen LogP contribution < -0.4 is 30.0 Å². The van der Waals surface area contributed by atoms with E-state index in [0.29, 0.717) is 45.0 Å². The molecule has 1 amide bonds. The van der Waals surface area contributed by atoms with E-state index >= 15 is 8.42 Å². The summed E-state index contributed by atoms with van der Waals surface area (Å²) in [5, 5.41) is 34.8. The predicted molar refractivity (Wildman–Crippen MR) is 234 cm³/mol. The van der Waals surface area contributed by atoms with Gasteiger partial charge in [0.25, 0.3) is 0 Å². The molecule has 7 rings (SSSR count). The minimum atomic E-state index is -5.03. The number of aliphatic hydroxyl groups is 1. The van der Waals surface area contributed by atoms with Crippen LogP contribution in [0.4, 0.5) is 10.7 Å². The number of hydrogen-bond acceptors (Lipinski definition) is 14. The maximum Gasteiger partial charge on any atom is 0.404 e. The molecule has 1 atom stereocenters. The van der Waals surface area contributed by atoms with Crippen LogP contribution in [-0.4, -0.2) is 108 Å². The predicted octanol–water partition coefficient (Wildman–Crippen LogP) is 3.84. The molecule has 0 spiro atoms. The molecule has 334 valence electrons. The third-order valence-corrected chi connectivity index (χ3v) is 13.6. The Kier molecular flexibility index (Phi) is 13.4. The lowest BCUT2D eigenvalue weighted by atomic mass is 9.98. The molecule has 0 saturated heterocycles. The number of fused-ring (bicyclic) bond motifs is 1. The summed E-state index contributed by atoms with van der Waals surface area (Å²) in [6.45, 7) is -1.85. The molecule has 0 radical (unpaired) electrons. The average molecular weight is 913 g/mol. The zero-order chi connectivity index (χ0) is 45.6. The number of sulfonamides is 2. The molecule has 0 fully saturated rings. The molecule has 2 aromatic heterocycles. The summed E-state index contributed by atoms with van der Waals surface area (Å²) < 4.78 is 80.7. The van der Waals surface area contributed by atoms with Crippen molar-refractivity contribution in [2.75, 3.05) is 40.2 Å². The van der Waals surface area contributed by atoms with Crippen molar-refractivity contribution in [1.29, 1.82) is 0 Å². The van der Waals surface area contributed by atoms with E-state index in [1.54, 1.807) is 91.0 Å². The summed E-state index contributed by atoms with van der Waals surface area (Å²) >= 11 is 0. The molecule has 20 nitrogen and oxygen atoms in total. The van der Waals surface area contributed by atoms with Gasteiger partial charge in [0.15, 0.2) is 5.95 Å². The number of anilines is 1. The Morgan fingerprint density at radius 1 is 0.812 bits per heavy atom. The number of para-hydroxylation sites is 1. The highest BCUT2D eigenvalue weighted by Crippen LogP contribution is 2.43. The summed E-state index contributed by atoms with van der Waals surface area (Å²) in [5.74, 6) is 1.47. The fraction of sp³-hybridized carbons (Fsp3) is 0.214. The van der Waals surface area contributed by atoms with Gasteiger partial charge in [0.05, 0.1) is 57.1 Å². The fourth-order valence-electron chi connectivity index (χ4n) is 6.91. The van der Waals surface area contributed by atoms with Crippen LogP contribution in [0, 0.1) is 0 Å². The van der Waals surface area contributed by atoms with Gasteiger partial charge in [-0.3, -0.25) is 0 Å². The first-order valence-corrected chi connectivity index (χ1v) is 22.3. The summed E-state index contributed by atoms with van der Waals surface area (Å²) in [6, 6.07) is 26.6. The van der Waals surface area contributed by atoms with Crippen molar-refractivity contribution in [3.63, 3.8) is 0 Å². The number of imidazole rings is 1. The van der Waals surface area contributed by atoms with Crippen LogP contribution >= 0.6 is 0 Å². The van der Waals surface area contributed by atoms with Crippen molar-refractivity contribution in [1.82, 2.24) is 44.5 Å². The summed E-state index contributed by atoms with van der Waals surface area (Å²) in [6.07, 6.45) is -1.47. The van der Waals surface area contributed by atoms with E-state index in [2.05, 4.69) is 30.1 Å². The van der Waals surface area contributed by atoms with E-state index in [4.69, 9.17) is 19.9 Å². The summed E-state index contributed by atoms with van der Waals surface area (Å²) in [7, 11) is -5.46. The van der Waals surface area contributed by atoms with Crippen molar-refractivity contribution >= 4 is 43.1 Å². The molecule has 0 aliphatic carbocycles. The highest BCUT2D eigenvalue weighted by atomic mass is 32.2. The van der Waals surface area contributed by atoms with Crippen molar-refractivity contribution in [2.24, 2.45) is 0 Å². The first-order chi connectivity index (χ1) is 30.7. The lowest BCUT2D eigenvalue weighted by Gasteiger charge is -2.27. The number of aromatic nitrogens is 6. The third-order valence-electron chi connectivity index (χ3n) is 10.1. The largest absolute Gasteiger partial charge is 0.497 e. The van der Waals surface area contributed by atoms with Crippen molar-refractivity contribution < 1.29 is 46.1 Å². The van der Waals surface area contributed by atoms with Gasteiger partial charge in [-0.15, -0.1) is 10.2 Å². The SMILES string of the molecule is COc1ccc(CN(Cc2ccc(OC)cc2)S(=O)(=O)c2c(S(=O)(=O)NC(CO)CNC(=O)O)ccc(-c3cccc4[nH]c(N)nc34)c2-c2nnn(Cc3ccc(OC)cc3)n2)cc1. The molecule has 2 heterocycles. The molecule has 0 bridgehead atoms. The number of carbonyl (C=O) groups is 1. The molecule has 5 aromatic carbocycles. The number of nitrogen functional groups attached to an aromatic ring is 1. The molecule has 22 heteroatoms. The smallest absolute Gasteiger partial charge is 0.404 e. The number of hydrogen-bond donors (Lipinski definition) is 6. The highest BCUT2D eigenvalue weighted by Gasteiger charge is 2.39. The standard InChI is InChI=1S/C42H44N10O10S2/c1-60-30-13-7-26(8-14-30)22-51(23-27-9-15-31(61-2)16-10-27)64(58,59)39-36(63(56,57)49-29(25-53)21-44-42(54)55)20-19-33(34-5-4-6-35-38(34)46-41(43)45-35)37(39)40-47-50-52(48-40)24-28-11-17-32(62-3)18-12-28/h4-20,29,44,49,53H,21-25H2,1-3H3,(H,54,55)(H3,43,45,46). The van der Waals surface area contributed by atoms with Crippen LogP contribution in [0.1, 0.15) is 16.7 Å². The van der Waals surface area contributed by atoms with Crippen LogP contribution in [0.3, 0.4) is 0 Å². The Balaban J connectivity index is 1.51. The Hall–Kier alpha value is -7.11. The fourth-order valence-corrected chi connectivity index (χ4v) is 10.6. The number of aliphatic hydroxyl groups excluding tert-OH is 1. The van der Waals surface area contributed by atoms with Crippen LogP contribution in [0.5, 0.6) is 17.2 Å². The molecule has 64 heavy (non-hydrogen) atoms. The monoisotopic (exact) mass is 912 g/mol. The molecule has 0 aliphatic rings. The van der Waals surface area contributed by atoms with Crippen molar-refractivity contribution in [3.05, 3.63) is 120 Å². The van der Waals surface area contributed by atoms with Gasteiger partial charge in [0, 0.05) is 25.2 Å². The molecular weight excluding hydrogens is 869 g/mol. The molecule has 0 saturated carbocycles. The van der Waals surface area contributed by atoms with E-state index in [0.717, 1.165) is 15.9 Å². The van der Waals surface area contributed by atoms with Gasteiger partial charge < -0.3 is 40.5 Å². The van der Waals surface area contributed by atoms with Gasteiger partial charge in [0.1, 0.15) is 27.0 Å². The van der Waals surface area contributed by atoms with Gasteiger partial charge in [-0.2, -0.15) is 9.10 Å². The highest BCUT2D eigenvalue weighted by molar-refractivity contribution is 7.92. The number of H-pyrrole nitrogens is 1. The molecule has 7 N–H and O–H groups in total. The van der Waals surface area contributed by atoms with Crippen LogP contribution in [0.2, 0.25) is 0 Å². The Morgan fingerprint density at radius 3 is 1.94 bits per heavy atom. The number of aromatic amines is 1. The number of tetrazole rings is 1. The second-order valence-corrected chi connectivity index (χ2v) is 17.8. The lowest BCUT2D eigenvalue weighted by molar-refractivity contribution is 0.190. The van der Waals surface area contributed by atoms with Gasteiger partial charge in [-0.05, 0) is 76.0 Å². The van der Waals surface area contributed by atoms with Gasteiger partial charge >= 0.3 is 6.09 Å². The maximum atomic E-state index is 15.9. The zero-order valence-electron chi connectivity index (χ0n) is 34.7. The second-order valence-electron chi connectivity index (χ2n) is 14.3. The zero-order valence-corrected chi connectivity index (χ0v) is 36.3. The molecule has 0 aliphatic heterocycles. The van der Waals surface area contributed by atoms with E-state index in [1.165, 1.54) is 32.2 Å². The normalized spacial score (nSPS) is 12.3. The van der Waals surface area contributed by atoms with E-state index in [1.807, 2.05) is 5.32 Å². The number of ether oxygens (including phenoxy) is 3. The van der Waals surface area contributed by atoms with E-state index < -0.39 is 55.1 Å². The topological polar surface area (TPSA) is 279 Å². The maximum absolute atomic E-state index is 15.9. The van der Waals surface area contributed by atoms with Crippen LogP contribution in [0.15, 0.2) is 113 Å². The third kappa shape index (κ3) is 9.90. The number of nitrogens with zero attached hydrogens (tertiary/aromatic N) is 6.